The lowest BCUT2D eigenvalue weighted by Crippen LogP contribution is -1.95. The number of aryl methyl sites for hydroxylation is 1. The molecule has 0 saturated carbocycles. The van der Waals surface area contributed by atoms with Gasteiger partial charge in [0.05, 0.1) is 4.92 Å². The van der Waals surface area contributed by atoms with Gasteiger partial charge in [-0.05, 0) is 37.1 Å². The molecule has 20 heavy (non-hydrogen) atoms. The molecule has 5 heteroatoms. The highest BCUT2D eigenvalue weighted by Gasteiger charge is 2.13. The summed E-state index contributed by atoms with van der Waals surface area (Å²) in [7, 11) is 0. The van der Waals surface area contributed by atoms with Gasteiger partial charge in [0.15, 0.2) is 0 Å². The van der Waals surface area contributed by atoms with E-state index >= 15 is 0 Å². The number of nitro benzene ring substituents is 1. The van der Waals surface area contributed by atoms with Crippen molar-refractivity contribution in [1.82, 2.24) is 0 Å². The third-order valence-corrected chi connectivity index (χ3v) is 4.42. The largest absolute Gasteiger partial charge is 0.399 e. The van der Waals surface area contributed by atoms with Crippen LogP contribution in [0.3, 0.4) is 0 Å². The van der Waals surface area contributed by atoms with Gasteiger partial charge in [0.2, 0.25) is 0 Å². The molecule has 0 heterocycles. The summed E-state index contributed by atoms with van der Waals surface area (Å²) in [6, 6.07) is 11.0. The maximum atomic E-state index is 10.9. The van der Waals surface area contributed by atoms with Crippen LogP contribution in [0.1, 0.15) is 16.7 Å². The van der Waals surface area contributed by atoms with E-state index in [0.29, 0.717) is 5.75 Å². The minimum Gasteiger partial charge on any atom is -0.399 e. The van der Waals surface area contributed by atoms with Crippen molar-refractivity contribution in [3.05, 3.63) is 63.2 Å². The second-order valence-corrected chi connectivity index (χ2v) is 5.65. The summed E-state index contributed by atoms with van der Waals surface area (Å²) in [6.07, 6.45) is 0. The number of thioether (sulfide) groups is 1. The molecule has 0 aromatic heterocycles. The number of hydrogen-bond acceptors (Lipinski definition) is 4. The van der Waals surface area contributed by atoms with Crippen LogP contribution >= 0.6 is 11.8 Å². The topological polar surface area (TPSA) is 69.2 Å². The molecular formula is C15H16N2O2S. The Hall–Kier alpha value is -2.01. The van der Waals surface area contributed by atoms with Crippen molar-refractivity contribution in [3.63, 3.8) is 0 Å². The lowest BCUT2D eigenvalue weighted by molar-refractivity contribution is -0.385. The Labute approximate surface area is 122 Å². The first-order valence-electron chi connectivity index (χ1n) is 6.21. The van der Waals surface area contributed by atoms with Crippen LogP contribution in [0, 0.1) is 24.0 Å². The smallest absolute Gasteiger partial charge is 0.272 e. The Bertz CT molecular complexity index is 656. The van der Waals surface area contributed by atoms with Crippen LogP contribution in [-0.4, -0.2) is 4.92 Å². The predicted molar refractivity (Wildman–Crippen MR) is 83.0 cm³/mol. The SMILES string of the molecule is Cc1ccc(N)cc1SCc1cccc([N+](=O)[O-])c1C. The molecule has 0 atom stereocenters. The van der Waals surface area contributed by atoms with E-state index in [4.69, 9.17) is 5.73 Å². The van der Waals surface area contributed by atoms with Crippen LogP contribution in [-0.2, 0) is 5.75 Å². The molecule has 0 radical (unpaired) electrons. The van der Waals surface area contributed by atoms with Crippen molar-refractivity contribution < 1.29 is 4.92 Å². The number of rotatable bonds is 4. The summed E-state index contributed by atoms with van der Waals surface area (Å²) >= 11 is 1.65. The molecule has 2 aromatic rings. The van der Waals surface area contributed by atoms with Crippen molar-refractivity contribution in [3.8, 4) is 0 Å². The van der Waals surface area contributed by atoms with Crippen molar-refractivity contribution in [1.29, 1.82) is 0 Å². The molecule has 0 saturated heterocycles. The Morgan fingerprint density at radius 1 is 1.25 bits per heavy atom. The van der Waals surface area contributed by atoms with E-state index in [0.717, 1.165) is 27.3 Å². The molecule has 2 rings (SSSR count). The van der Waals surface area contributed by atoms with Crippen molar-refractivity contribution in [2.24, 2.45) is 0 Å². The van der Waals surface area contributed by atoms with E-state index in [1.807, 2.05) is 31.2 Å². The number of hydrogen-bond donors (Lipinski definition) is 1. The fraction of sp³-hybridized carbons (Fsp3) is 0.200. The number of nitrogens with two attached hydrogens (primary N) is 1. The molecule has 0 fully saturated rings. The lowest BCUT2D eigenvalue weighted by atomic mass is 10.1. The normalized spacial score (nSPS) is 10.5. The number of nitrogens with zero attached hydrogens (tertiary/aromatic N) is 1. The average molecular weight is 288 g/mol. The highest BCUT2D eigenvalue weighted by atomic mass is 32.2. The van der Waals surface area contributed by atoms with Crippen LogP contribution in [0.25, 0.3) is 0 Å². The quantitative estimate of drug-likeness (QED) is 0.398. The molecule has 0 spiro atoms. The van der Waals surface area contributed by atoms with E-state index in [1.165, 1.54) is 6.07 Å². The van der Waals surface area contributed by atoms with Gasteiger partial charge < -0.3 is 5.73 Å². The van der Waals surface area contributed by atoms with Gasteiger partial charge in [0.25, 0.3) is 5.69 Å². The Kier molecular flexibility index (Phi) is 4.29. The van der Waals surface area contributed by atoms with Crippen LogP contribution in [0.4, 0.5) is 11.4 Å². The fourth-order valence-electron chi connectivity index (χ4n) is 1.95. The zero-order valence-corrected chi connectivity index (χ0v) is 12.2. The monoisotopic (exact) mass is 288 g/mol. The highest BCUT2D eigenvalue weighted by Crippen LogP contribution is 2.30. The van der Waals surface area contributed by atoms with Crippen LogP contribution < -0.4 is 5.73 Å². The maximum absolute atomic E-state index is 10.9. The first-order valence-corrected chi connectivity index (χ1v) is 7.19. The first-order chi connectivity index (χ1) is 9.49. The van der Waals surface area contributed by atoms with Gasteiger partial charge in [-0.2, -0.15) is 0 Å². The standard InChI is InChI=1S/C15H16N2O2S/c1-10-6-7-13(16)8-15(10)20-9-12-4-3-5-14(11(12)2)17(18)19/h3-8H,9,16H2,1-2H3. The van der Waals surface area contributed by atoms with Gasteiger partial charge >= 0.3 is 0 Å². The van der Waals surface area contributed by atoms with Gasteiger partial charge in [-0.15, -0.1) is 11.8 Å². The molecule has 2 aromatic carbocycles. The minimum absolute atomic E-state index is 0.174. The number of anilines is 1. The number of benzene rings is 2. The third kappa shape index (κ3) is 3.11. The van der Waals surface area contributed by atoms with E-state index in [1.54, 1.807) is 24.8 Å². The van der Waals surface area contributed by atoms with E-state index in [9.17, 15) is 10.1 Å². The predicted octanol–water partition coefficient (Wildman–Crippen LogP) is 4.09. The molecule has 104 valence electrons. The number of nitrogen functional groups attached to an aromatic ring is 1. The zero-order chi connectivity index (χ0) is 14.7. The molecule has 0 unspecified atom stereocenters. The highest BCUT2D eigenvalue weighted by molar-refractivity contribution is 7.98. The summed E-state index contributed by atoms with van der Waals surface area (Å²) < 4.78 is 0. The van der Waals surface area contributed by atoms with Crippen molar-refractivity contribution in [2.75, 3.05) is 5.73 Å². The molecule has 2 N–H and O–H groups in total. The molecule has 0 aliphatic heterocycles. The molecule has 0 amide bonds. The van der Waals surface area contributed by atoms with Gasteiger partial charge in [-0.3, -0.25) is 10.1 Å². The summed E-state index contributed by atoms with van der Waals surface area (Å²) in [5.74, 6) is 0.692. The van der Waals surface area contributed by atoms with E-state index in [-0.39, 0.29) is 10.6 Å². The summed E-state index contributed by atoms with van der Waals surface area (Å²) in [4.78, 5) is 11.7. The van der Waals surface area contributed by atoms with Crippen LogP contribution in [0.5, 0.6) is 0 Å². The lowest BCUT2D eigenvalue weighted by Gasteiger charge is -2.09. The second-order valence-electron chi connectivity index (χ2n) is 4.63. The number of nitro groups is 1. The maximum Gasteiger partial charge on any atom is 0.272 e. The Morgan fingerprint density at radius 3 is 2.70 bits per heavy atom. The molecule has 4 nitrogen and oxygen atoms in total. The summed E-state index contributed by atoms with van der Waals surface area (Å²) in [5, 5.41) is 10.9. The zero-order valence-electron chi connectivity index (χ0n) is 11.4. The third-order valence-electron chi connectivity index (χ3n) is 3.21. The molecule has 0 aliphatic rings. The Balaban J connectivity index is 2.21. The molecule has 0 aliphatic carbocycles. The second kappa shape index (κ2) is 5.96. The van der Waals surface area contributed by atoms with Crippen LogP contribution in [0.2, 0.25) is 0 Å². The van der Waals surface area contributed by atoms with Gasteiger partial charge in [-0.1, -0.05) is 18.2 Å². The van der Waals surface area contributed by atoms with E-state index in [2.05, 4.69) is 0 Å². The first kappa shape index (κ1) is 14.4. The molecule has 0 bridgehead atoms. The van der Waals surface area contributed by atoms with Gasteiger partial charge in [-0.25, -0.2) is 0 Å². The minimum atomic E-state index is -0.338. The fourth-order valence-corrected chi connectivity index (χ4v) is 3.09. The average Bonchev–Trinajstić information content (AvgIpc) is 2.41. The van der Waals surface area contributed by atoms with Crippen molar-refractivity contribution >= 4 is 23.1 Å². The summed E-state index contributed by atoms with van der Waals surface area (Å²) in [5.41, 5.74) is 9.56. The molecular weight excluding hydrogens is 272 g/mol. The summed E-state index contributed by atoms with van der Waals surface area (Å²) in [6.45, 7) is 3.82. The van der Waals surface area contributed by atoms with E-state index < -0.39 is 0 Å². The van der Waals surface area contributed by atoms with Crippen LogP contribution in [0.15, 0.2) is 41.3 Å². The van der Waals surface area contributed by atoms with Gasteiger partial charge in [0.1, 0.15) is 0 Å². The van der Waals surface area contributed by atoms with Crippen molar-refractivity contribution in [2.45, 2.75) is 24.5 Å². The Morgan fingerprint density at radius 2 is 2.00 bits per heavy atom. The van der Waals surface area contributed by atoms with Gasteiger partial charge in [0, 0.05) is 28.0 Å².